The summed E-state index contributed by atoms with van der Waals surface area (Å²) in [5.74, 6) is 0.934. The lowest BCUT2D eigenvalue weighted by molar-refractivity contribution is -0.114. The first kappa shape index (κ1) is 15.3. The zero-order chi connectivity index (χ0) is 14.4. The second-order valence-electron chi connectivity index (χ2n) is 5.12. The van der Waals surface area contributed by atoms with Crippen molar-refractivity contribution in [2.24, 2.45) is 0 Å². The van der Waals surface area contributed by atoms with E-state index in [0.717, 1.165) is 18.6 Å². The van der Waals surface area contributed by atoms with Crippen molar-refractivity contribution in [1.82, 2.24) is 5.32 Å². The van der Waals surface area contributed by atoms with Gasteiger partial charge in [0.05, 0.1) is 13.2 Å². The lowest BCUT2D eigenvalue weighted by Crippen LogP contribution is -2.60. The smallest absolute Gasteiger partial charge is 0.128 e. The van der Waals surface area contributed by atoms with Gasteiger partial charge in [0, 0.05) is 19.6 Å². The fraction of sp³-hybridized carbons (Fsp3) is 0.625. The number of nitrogens with one attached hydrogen (secondary N) is 1. The molecule has 1 saturated carbocycles. The van der Waals surface area contributed by atoms with Gasteiger partial charge in [0.2, 0.25) is 0 Å². The Morgan fingerprint density at radius 3 is 2.85 bits per heavy atom. The van der Waals surface area contributed by atoms with Gasteiger partial charge < -0.3 is 19.5 Å². The highest BCUT2D eigenvalue weighted by Gasteiger charge is 2.43. The Kier molecular flexibility index (Phi) is 5.83. The summed E-state index contributed by atoms with van der Waals surface area (Å²) in [5, 5.41) is 3.27. The van der Waals surface area contributed by atoms with Crippen LogP contribution in [0.1, 0.15) is 18.9 Å². The van der Waals surface area contributed by atoms with Crippen LogP contribution in [0.2, 0.25) is 0 Å². The average molecular weight is 279 g/mol. The molecule has 0 heterocycles. The van der Waals surface area contributed by atoms with Crippen LogP contribution in [-0.2, 0) is 15.9 Å². The maximum atomic E-state index is 6.06. The van der Waals surface area contributed by atoms with Crippen LogP contribution in [0.5, 0.6) is 5.75 Å². The molecule has 1 aromatic carbocycles. The molecule has 4 nitrogen and oxygen atoms in total. The molecule has 0 bridgehead atoms. The van der Waals surface area contributed by atoms with Crippen LogP contribution in [-0.4, -0.2) is 45.6 Å². The van der Waals surface area contributed by atoms with Gasteiger partial charge in [-0.25, -0.2) is 0 Å². The number of hydrogen-bond acceptors (Lipinski definition) is 4. The van der Waals surface area contributed by atoms with E-state index >= 15 is 0 Å². The number of aryl methyl sites for hydroxylation is 1. The molecule has 0 aliphatic heterocycles. The summed E-state index contributed by atoms with van der Waals surface area (Å²) < 4.78 is 16.9. The summed E-state index contributed by atoms with van der Waals surface area (Å²) in [6.07, 6.45) is 2.22. The molecular formula is C16H25NO3. The molecular weight excluding hydrogens is 254 g/mol. The van der Waals surface area contributed by atoms with Crippen LogP contribution < -0.4 is 10.1 Å². The number of rotatable bonds is 8. The fourth-order valence-corrected chi connectivity index (χ4v) is 2.48. The van der Waals surface area contributed by atoms with Gasteiger partial charge in [-0.1, -0.05) is 19.1 Å². The van der Waals surface area contributed by atoms with Crippen molar-refractivity contribution in [3.63, 3.8) is 0 Å². The quantitative estimate of drug-likeness (QED) is 0.739. The standard InChI is InChI=1S/C16H25NO3/c1-4-12-6-5-7-13(10-12)20-15-11-14(17-2)16(15)19-9-8-18-3/h5-7,10,14-17H,4,8-9,11H2,1-3H3. The van der Waals surface area contributed by atoms with Crippen LogP contribution in [0.25, 0.3) is 0 Å². The number of benzene rings is 1. The minimum Gasteiger partial charge on any atom is -0.488 e. The maximum Gasteiger partial charge on any atom is 0.128 e. The largest absolute Gasteiger partial charge is 0.488 e. The second-order valence-corrected chi connectivity index (χ2v) is 5.12. The number of likely N-dealkylation sites (N-methyl/N-ethyl adjacent to an activating group) is 1. The molecule has 0 radical (unpaired) electrons. The highest BCUT2D eigenvalue weighted by atomic mass is 16.6. The third-order valence-electron chi connectivity index (χ3n) is 3.81. The minimum absolute atomic E-state index is 0.0976. The monoisotopic (exact) mass is 279 g/mol. The van der Waals surface area contributed by atoms with E-state index < -0.39 is 0 Å². The molecule has 1 aromatic rings. The first-order valence-corrected chi connectivity index (χ1v) is 7.31. The molecule has 1 aliphatic rings. The third kappa shape index (κ3) is 3.72. The Labute approximate surface area is 121 Å². The lowest BCUT2D eigenvalue weighted by atomic mass is 9.85. The van der Waals surface area contributed by atoms with Gasteiger partial charge in [-0.3, -0.25) is 0 Å². The Morgan fingerprint density at radius 2 is 2.15 bits per heavy atom. The molecule has 0 aromatic heterocycles. The maximum absolute atomic E-state index is 6.06. The van der Waals surface area contributed by atoms with Gasteiger partial charge >= 0.3 is 0 Å². The van der Waals surface area contributed by atoms with Crippen LogP contribution in [0, 0.1) is 0 Å². The molecule has 2 rings (SSSR count). The Morgan fingerprint density at radius 1 is 1.30 bits per heavy atom. The highest BCUT2D eigenvalue weighted by Crippen LogP contribution is 2.29. The second kappa shape index (κ2) is 7.62. The number of methoxy groups -OCH3 is 1. The lowest BCUT2D eigenvalue weighted by Gasteiger charge is -2.43. The van der Waals surface area contributed by atoms with E-state index in [1.807, 2.05) is 19.2 Å². The predicted molar refractivity (Wildman–Crippen MR) is 79.3 cm³/mol. The van der Waals surface area contributed by atoms with E-state index in [2.05, 4.69) is 24.4 Å². The van der Waals surface area contributed by atoms with Crippen molar-refractivity contribution in [2.75, 3.05) is 27.4 Å². The highest BCUT2D eigenvalue weighted by molar-refractivity contribution is 5.29. The summed E-state index contributed by atoms with van der Waals surface area (Å²) in [5.41, 5.74) is 1.30. The molecule has 0 saturated heterocycles. The molecule has 3 unspecified atom stereocenters. The van der Waals surface area contributed by atoms with Gasteiger partial charge in [0.15, 0.2) is 0 Å². The summed E-state index contributed by atoms with van der Waals surface area (Å²) in [6, 6.07) is 8.66. The van der Waals surface area contributed by atoms with Crippen molar-refractivity contribution in [1.29, 1.82) is 0 Å². The average Bonchev–Trinajstić information content (AvgIpc) is 2.47. The molecule has 1 aliphatic carbocycles. The van der Waals surface area contributed by atoms with E-state index in [0.29, 0.717) is 19.3 Å². The van der Waals surface area contributed by atoms with Crippen LogP contribution in [0.3, 0.4) is 0 Å². The molecule has 1 N–H and O–H groups in total. The molecule has 4 heteroatoms. The van der Waals surface area contributed by atoms with Gasteiger partial charge in [0.1, 0.15) is 18.0 Å². The molecule has 112 valence electrons. The van der Waals surface area contributed by atoms with Gasteiger partial charge in [-0.05, 0) is 31.2 Å². The van der Waals surface area contributed by atoms with Gasteiger partial charge in [-0.2, -0.15) is 0 Å². The normalized spacial score (nSPS) is 25.2. The molecule has 1 fully saturated rings. The summed E-state index contributed by atoms with van der Waals surface area (Å²) in [4.78, 5) is 0. The van der Waals surface area contributed by atoms with E-state index in [-0.39, 0.29) is 12.2 Å². The zero-order valence-corrected chi connectivity index (χ0v) is 12.6. The van der Waals surface area contributed by atoms with E-state index in [1.54, 1.807) is 7.11 Å². The van der Waals surface area contributed by atoms with Crippen molar-refractivity contribution in [3.05, 3.63) is 29.8 Å². The van der Waals surface area contributed by atoms with Crippen molar-refractivity contribution < 1.29 is 14.2 Å². The third-order valence-corrected chi connectivity index (χ3v) is 3.81. The van der Waals surface area contributed by atoms with Crippen molar-refractivity contribution in [3.8, 4) is 5.75 Å². The molecule has 3 atom stereocenters. The van der Waals surface area contributed by atoms with Gasteiger partial charge in [0.25, 0.3) is 0 Å². The fourth-order valence-electron chi connectivity index (χ4n) is 2.48. The topological polar surface area (TPSA) is 39.7 Å². The summed E-state index contributed by atoms with van der Waals surface area (Å²) in [7, 11) is 3.65. The van der Waals surface area contributed by atoms with Crippen LogP contribution >= 0.6 is 0 Å². The Hall–Kier alpha value is -1.10. The van der Waals surface area contributed by atoms with Crippen LogP contribution in [0.15, 0.2) is 24.3 Å². The summed E-state index contributed by atoms with van der Waals surface area (Å²) >= 11 is 0. The van der Waals surface area contributed by atoms with Gasteiger partial charge in [-0.15, -0.1) is 0 Å². The van der Waals surface area contributed by atoms with Crippen LogP contribution in [0.4, 0.5) is 0 Å². The first-order valence-electron chi connectivity index (χ1n) is 7.31. The molecule has 0 amide bonds. The van der Waals surface area contributed by atoms with E-state index in [9.17, 15) is 0 Å². The summed E-state index contributed by atoms with van der Waals surface area (Å²) in [6.45, 7) is 3.37. The van der Waals surface area contributed by atoms with E-state index in [1.165, 1.54) is 5.56 Å². The first-order chi connectivity index (χ1) is 9.78. The minimum atomic E-state index is 0.0976. The Bertz CT molecular complexity index is 410. The Balaban J connectivity index is 1.90. The van der Waals surface area contributed by atoms with Crippen molar-refractivity contribution in [2.45, 2.75) is 38.0 Å². The SMILES string of the molecule is CCc1cccc(OC2CC(NC)C2OCCOC)c1. The number of ether oxygens (including phenoxy) is 3. The predicted octanol–water partition coefficient (Wildman–Crippen LogP) is 2.02. The van der Waals surface area contributed by atoms with E-state index in [4.69, 9.17) is 14.2 Å². The zero-order valence-electron chi connectivity index (χ0n) is 12.6. The molecule has 20 heavy (non-hydrogen) atoms. The molecule has 0 spiro atoms. The van der Waals surface area contributed by atoms with Crippen molar-refractivity contribution >= 4 is 0 Å². The number of hydrogen-bond donors (Lipinski definition) is 1.